The highest BCUT2D eigenvalue weighted by Gasteiger charge is 2.10. The lowest BCUT2D eigenvalue weighted by Gasteiger charge is -2.01. The molecule has 106 valence electrons. The van der Waals surface area contributed by atoms with Gasteiger partial charge < -0.3 is 4.42 Å². The van der Waals surface area contributed by atoms with E-state index in [0.717, 1.165) is 0 Å². The zero-order valence-corrected chi connectivity index (χ0v) is 12.1. The fraction of sp³-hybridized carbons (Fsp3) is 0.0714. The van der Waals surface area contributed by atoms with E-state index < -0.39 is 5.91 Å². The first kappa shape index (κ1) is 15.1. The third kappa shape index (κ3) is 3.85. The Morgan fingerprint density at radius 1 is 1.38 bits per heavy atom. The number of halogens is 2. The van der Waals surface area contributed by atoms with E-state index in [1.54, 1.807) is 36.4 Å². The highest BCUT2D eigenvalue weighted by Crippen LogP contribution is 2.33. The summed E-state index contributed by atoms with van der Waals surface area (Å²) >= 11 is 12.0. The van der Waals surface area contributed by atoms with Gasteiger partial charge in [0, 0.05) is 5.56 Å². The van der Waals surface area contributed by atoms with Crippen molar-refractivity contribution < 1.29 is 9.21 Å². The number of benzene rings is 1. The van der Waals surface area contributed by atoms with Crippen LogP contribution in [0.15, 0.2) is 39.9 Å². The van der Waals surface area contributed by atoms with Crippen LogP contribution in [0.3, 0.4) is 0 Å². The van der Waals surface area contributed by atoms with Crippen LogP contribution in [0.25, 0.3) is 11.3 Å². The standard InChI is InChI=1S/C14H9Cl2N3O2/c15-11-3-1-2-10(14(11)16)12-5-4-9(21-12)8-18-19-13(20)6-7-17/h1-5,8H,6H2,(H,19,20)/b18-8+. The maximum atomic E-state index is 11.0. The van der Waals surface area contributed by atoms with Crippen LogP contribution in [-0.2, 0) is 4.79 Å². The maximum Gasteiger partial charge on any atom is 0.254 e. The first-order chi connectivity index (χ1) is 10.1. The van der Waals surface area contributed by atoms with Crippen molar-refractivity contribution in [2.24, 2.45) is 5.10 Å². The summed E-state index contributed by atoms with van der Waals surface area (Å²) in [6, 6.07) is 10.3. The van der Waals surface area contributed by atoms with E-state index in [0.29, 0.717) is 27.1 Å². The van der Waals surface area contributed by atoms with Crippen LogP contribution in [0, 0.1) is 11.3 Å². The normalized spacial score (nSPS) is 10.5. The Balaban J connectivity index is 2.12. The monoisotopic (exact) mass is 321 g/mol. The highest BCUT2D eigenvalue weighted by atomic mass is 35.5. The Hall–Kier alpha value is -2.29. The number of furan rings is 1. The van der Waals surface area contributed by atoms with Crippen LogP contribution < -0.4 is 5.43 Å². The van der Waals surface area contributed by atoms with Crippen LogP contribution in [0.4, 0.5) is 0 Å². The van der Waals surface area contributed by atoms with Crippen molar-refractivity contribution in [2.45, 2.75) is 6.42 Å². The summed E-state index contributed by atoms with van der Waals surface area (Å²) in [5, 5.41) is 12.8. The Morgan fingerprint density at radius 3 is 2.95 bits per heavy atom. The van der Waals surface area contributed by atoms with Crippen LogP contribution in [0.1, 0.15) is 12.2 Å². The molecule has 1 N–H and O–H groups in total. The molecule has 0 saturated heterocycles. The second-order valence-electron chi connectivity index (χ2n) is 3.93. The number of rotatable bonds is 4. The smallest absolute Gasteiger partial charge is 0.254 e. The lowest BCUT2D eigenvalue weighted by atomic mass is 10.2. The summed E-state index contributed by atoms with van der Waals surface area (Å²) in [5.74, 6) is 0.476. The second-order valence-corrected chi connectivity index (χ2v) is 4.72. The minimum absolute atomic E-state index is 0.251. The molecule has 7 heteroatoms. The minimum atomic E-state index is -0.488. The number of nitriles is 1. The first-order valence-corrected chi connectivity index (χ1v) is 6.60. The highest BCUT2D eigenvalue weighted by molar-refractivity contribution is 6.43. The Bertz CT molecular complexity index is 732. The maximum absolute atomic E-state index is 11.0. The van der Waals surface area contributed by atoms with Gasteiger partial charge in [0.25, 0.3) is 5.91 Å². The minimum Gasteiger partial charge on any atom is -0.455 e. The van der Waals surface area contributed by atoms with Crippen LogP contribution in [0.5, 0.6) is 0 Å². The number of carbonyl (C=O) groups is 1. The molecule has 2 rings (SSSR count). The van der Waals surface area contributed by atoms with Crippen molar-refractivity contribution in [2.75, 3.05) is 0 Å². The summed E-state index contributed by atoms with van der Waals surface area (Å²) in [6.07, 6.45) is 1.08. The number of hydrogen-bond acceptors (Lipinski definition) is 4. The Labute approximate surface area is 130 Å². The van der Waals surface area contributed by atoms with Crippen LogP contribution in [0.2, 0.25) is 10.0 Å². The van der Waals surface area contributed by atoms with E-state index >= 15 is 0 Å². The molecule has 0 atom stereocenters. The number of nitrogens with zero attached hydrogens (tertiary/aromatic N) is 2. The molecule has 1 aromatic carbocycles. The van der Waals surface area contributed by atoms with Gasteiger partial charge >= 0.3 is 0 Å². The molecular weight excluding hydrogens is 313 g/mol. The van der Waals surface area contributed by atoms with E-state index in [1.807, 2.05) is 0 Å². The predicted octanol–water partition coefficient (Wildman–Crippen LogP) is 3.62. The van der Waals surface area contributed by atoms with Crippen molar-refractivity contribution in [3.63, 3.8) is 0 Å². The molecule has 1 heterocycles. The van der Waals surface area contributed by atoms with Crippen molar-refractivity contribution in [1.82, 2.24) is 5.43 Å². The molecule has 21 heavy (non-hydrogen) atoms. The molecule has 0 spiro atoms. The summed E-state index contributed by atoms with van der Waals surface area (Å²) in [6.45, 7) is 0. The molecule has 0 fully saturated rings. The van der Waals surface area contributed by atoms with Gasteiger partial charge in [0.2, 0.25) is 0 Å². The third-order valence-electron chi connectivity index (χ3n) is 2.46. The number of nitrogens with one attached hydrogen (secondary N) is 1. The lowest BCUT2D eigenvalue weighted by molar-refractivity contribution is -0.120. The van der Waals surface area contributed by atoms with Crippen molar-refractivity contribution in [3.05, 3.63) is 46.1 Å². The number of hydrazone groups is 1. The number of carbonyl (C=O) groups excluding carboxylic acids is 1. The van der Waals surface area contributed by atoms with Crippen LogP contribution in [-0.4, -0.2) is 12.1 Å². The summed E-state index contributed by atoms with van der Waals surface area (Å²) in [7, 11) is 0. The second kappa shape index (κ2) is 6.93. The van der Waals surface area contributed by atoms with Gasteiger partial charge in [-0.05, 0) is 24.3 Å². The molecule has 1 amide bonds. The zero-order valence-electron chi connectivity index (χ0n) is 10.6. The van der Waals surface area contributed by atoms with E-state index in [4.69, 9.17) is 32.9 Å². The molecule has 0 aliphatic heterocycles. The van der Waals surface area contributed by atoms with E-state index in [2.05, 4.69) is 10.5 Å². The van der Waals surface area contributed by atoms with Gasteiger partial charge in [0.15, 0.2) is 0 Å². The summed E-state index contributed by atoms with van der Waals surface area (Å²) < 4.78 is 5.54. The zero-order chi connectivity index (χ0) is 15.2. The molecule has 0 aliphatic carbocycles. The van der Waals surface area contributed by atoms with Crippen LogP contribution >= 0.6 is 23.2 Å². The molecule has 0 unspecified atom stereocenters. The lowest BCUT2D eigenvalue weighted by Crippen LogP contribution is -2.15. The van der Waals surface area contributed by atoms with Gasteiger partial charge in [-0.1, -0.05) is 29.3 Å². The van der Waals surface area contributed by atoms with E-state index in [1.165, 1.54) is 6.21 Å². The predicted molar refractivity (Wildman–Crippen MR) is 80.1 cm³/mol. The third-order valence-corrected chi connectivity index (χ3v) is 3.28. The molecule has 0 aliphatic rings. The SMILES string of the molecule is N#CCC(=O)N/N=C/c1ccc(-c2cccc(Cl)c2Cl)o1. The summed E-state index contributed by atoms with van der Waals surface area (Å²) in [5.41, 5.74) is 2.87. The molecule has 2 aromatic rings. The molecule has 0 radical (unpaired) electrons. The van der Waals surface area contributed by atoms with E-state index in [-0.39, 0.29) is 6.42 Å². The van der Waals surface area contributed by atoms with Crippen molar-refractivity contribution in [1.29, 1.82) is 5.26 Å². The Kier molecular flexibility index (Phi) is 4.99. The largest absolute Gasteiger partial charge is 0.455 e. The van der Waals surface area contributed by atoms with Gasteiger partial charge in [0.05, 0.1) is 22.3 Å². The number of hydrogen-bond donors (Lipinski definition) is 1. The fourth-order valence-electron chi connectivity index (χ4n) is 1.54. The van der Waals surface area contributed by atoms with E-state index in [9.17, 15) is 4.79 Å². The number of amides is 1. The molecule has 1 aromatic heterocycles. The van der Waals surface area contributed by atoms with Crippen molar-refractivity contribution in [3.8, 4) is 17.4 Å². The van der Waals surface area contributed by atoms with Gasteiger partial charge in [-0.25, -0.2) is 5.43 Å². The Morgan fingerprint density at radius 2 is 2.19 bits per heavy atom. The fourth-order valence-corrected chi connectivity index (χ4v) is 1.93. The topological polar surface area (TPSA) is 78.4 Å². The summed E-state index contributed by atoms with van der Waals surface area (Å²) in [4.78, 5) is 11.0. The first-order valence-electron chi connectivity index (χ1n) is 5.85. The quantitative estimate of drug-likeness (QED) is 0.690. The van der Waals surface area contributed by atoms with Gasteiger partial charge in [-0.3, -0.25) is 4.79 Å². The molecular formula is C14H9Cl2N3O2. The van der Waals surface area contributed by atoms with Gasteiger partial charge in [-0.2, -0.15) is 10.4 Å². The average Bonchev–Trinajstić information content (AvgIpc) is 2.91. The molecule has 0 saturated carbocycles. The molecule has 5 nitrogen and oxygen atoms in total. The van der Waals surface area contributed by atoms with Crippen molar-refractivity contribution >= 4 is 35.3 Å². The van der Waals surface area contributed by atoms with Gasteiger partial charge in [-0.15, -0.1) is 0 Å². The average molecular weight is 322 g/mol. The van der Waals surface area contributed by atoms with Gasteiger partial charge in [0.1, 0.15) is 17.9 Å². The molecule has 0 bridgehead atoms.